The number of hydrogen-bond acceptors (Lipinski definition) is 5. The molecule has 1 N–H and O–H groups in total. The van der Waals surface area contributed by atoms with E-state index >= 15 is 0 Å². The zero-order valence-electron chi connectivity index (χ0n) is 12.8. The minimum absolute atomic E-state index is 0.760. The summed E-state index contributed by atoms with van der Waals surface area (Å²) in [6.07, 6.45) is 2.76. The molecule has 1 aliphatic heterocycles. The molecule has 6 nitrogen and oxygen atoms in total. The van der Waals surface area contributed by atoms with Crippen molar-refractivity contribution in [2.45, 2.75) is 6.92 Å². The number of rotatable bonds is 3. The Hall–Kier alpha value is -2.41. The van der Waals surface area contributed by atoms with Crippen LogP contribution < -0.4 is 4.90 Å². The molecule has 3 aromatic heterocycles. The number of thiazole rings is 1. The van der Waals surface area contributed by atoms with Gasteiger partial charge < -0.3 is 14.8 Å². The zero-order valence-corrected chi connectivity index (χ0v) is 13.6. The smallest absolute Gasteiger partial charge is 0.209 e. The van der Waals surface area contributed by atoms with E-state index in [1.807, 2.05) is 24.1 Å². The molecule has 1 saturated heterocycles. The van der Waals surface area contributed by atoms with Gasteiger partial charge in [-0.25, -0.2) is 9.97 Å². The first-order valence-corrected chi connectivity index (χ1v) is 8.47. The van der Waals surface area contributed by atoms with Crippen molar-refractivity contribution in [1.29, 1.82) is 0 Å². The number of carbonyl (C=O) groups is 1. The van der Waals surface area contributed by atoms with Crippen molar-refractivity contribution < 1.29 is 4.79 Å². The zero-order chi connectivity index (χ0) is 15.8. The Labute approximate surface area is 137 Å². The van der Waals surface area contributed by atoms with Crippen LogP contribution in [0.4, 0.5) is 5.69 Å². The molecule has 1 amide bonds. The summed E-state index contributed by atoms with van der Waals surface area (Å²) < 4.78 is 0. The van der Waals surface area contributed by atoms with E-state index in [0.29, 0.717) is 0 Å². The van der Waals surface area contributed by atoms with Crippen molar-refractivity contribution in [2.24, 2.45) is 0 Å². The summed E-state index contributed by atoms with van der Waals surface area (Å²) >= 11 is 1.64. The van der Waals surface area contributed by atoms with E-state index in [1.54, 1.807) is 11.3 Å². The minimum atomic E-state index is 0.760. The van der Waals surface area contributed by atoms with Gasteiger partial charge in [0.15, 0.2) is 0 Å². The second-order valence-corrected chi connectivity index (χ2v) is 6.72. The summed E-state index contributed by atoms with van der Waals surface area (Å²) in [6, 6.07) is 4.17. The standard InChI is InChI=1S/C16H17N5OS/c1-11-18-14(9-23-11)13-8-12-15(2-3-17-16(12)19-13)21-6-4-20(10-22)5-7-21/h2-3,8-10H,4-7H2,1H3,(H,17,19). The van der Waals surface area contributed by atoms with Gasteiger partial charge >= 0.3 is 0 Å². The average molecular weight is 327 g/mol. The highest BCUT2D eigenvalue weighted by Gasteiger charge is 2.19. The fourth-order valence-electron chi connectivity index (χ4n) is 2.98. The van der Waals surface area contributed by atoms with Crippen molar-refractivity contribution in [3.05, 3.63) is 28.7 Å². The molecule has 7 heteroatoms. The summed E-state index contributed by atoms with van der Waals surface area (Å²) in [5.74, 6) is 0. The molecular formula is C16H17N5OS. The van der Waals surface area contributed by atoms with Gasteiger partial charge in [0.25, 0.3) is 0 Å². The fourth-order valence-corrected chi connectivity index (χ4v) is 3.59. The van der Waals surface area contributed by atoms with Crippen LogP contribution in [0.15, 0.2) is 23.7 Å². The molecular weight excluding hydrogens is 310 g/mol. The van der Waals surface area contributed by atoms with Gasteiger partial charge in [-0.3, -0.25) is 4.79 Å². The van der Waals surface area contributed by atoms with Crippen molar-refractivity contribution in [2.75, 3.05) is 31.1 Å². The largest absolute Gasteiger partial charge is 0.367 e. The molecule has 0 radical (unpaired) electrons. The summed E-state index contributed by atoms with van der Waals surface area (Å²) in [4.78, 5) is 27.3. The number of carbonyl (C=O) groups excluding carboxylic acids is 1. The molecule has 3 aromatic rings. The van der Waals surface area contributed by atoms with Crippen LogP contribution >= 0.6 is 11.3 Å². The number of amides is 1. The van der Waals surface area contributed by atoms with Crippen molar-refractivity contribution >= 4 is 34.5 Å². The molecule has 0 aliphatic carbocycles. The van der Waals surface area contributed by atoms with E-state index in [1.165, 1.54) is 0 Å². The molecule has 0 atom stereocenters. The van der Waals surface area contributed by atoms with Crippen LogP contribution in [0.2, 0.25) is 0 Å². The lowest BCUT2D eigenvalue weighted by atomic mass is 10.2. The number of pyridine rings is 1. The predicted molar refractivity (Wildman–Crippen MR) is 91.8 cm³/mol. The van der Waals surface area contributed by atoms with Gasteiger partial charge in [0.1, 0.15) is 5.65 Å². The van der Waals surface area contributed by atoms with E-state index in [-0.39, 0.29) is 0 Å². The molecule has 23 heavy (non-hydrogen) atoms. The Balaban J connectivity index is 1.70. The lowest BCUT2D eigenvalue weighted by Gasteiger charge is -2.34. The Kier molecular flexibility index (Phi) is 3.49. The molecule has 0 spiro atoms. The molecule has 1 aliphatic rings. The highest BCUT2D eigenvalue weighted by atomic mass is 32.1. The third kappa shape index (κ3) is 2.57. The number of piperazine rings is 1. The number of aromatic nitrogens is 3. The quantitative estimate of drug-likeness (QED) is 0.750. The Morgan fingerprint density at radius 1 is 1.30 bits per heavy atom. The van der Waals surface area contributed by atoms with Crippen LogP contribution in [0.25, 0.3) is 22.4 Å². The van der Waals surface area contributed by atoms with Crippen molar-refractivity contribution in [3.8, 4) is 11.4 Å². The SMILES string of the molecule is Cc1nc(-c2cc3c(N4CCN(C=O)CC4)ccnc3[nH]2)cs1. The molecule has 0 aromatic carbocycles. The predicted octanol–water partition coefficient (Wildman–Crippen LogP) is 2.27. The highest BCUT2D eigenvalue weighted by Crippen LogP contribution is 2.31. The molecule has 1 fully saturated rings. The Morgan fingerprint density at radius 2 is 2.13 bits per heavy atom. The highest BCUT2D eigenvalue weighted by molar-refractivity contribution is 7.09. The van der Waals surface area contributed by atoms with Gasteiger partial charge in [0.2, 0.25) is 6.41 Å². The monoisotopic (exact) mass is 327 g/mol. The lowest BCUT2D eigenvalue weighted by molar-refractivity contribution is -0.118. The third-order valence-corrected chi connectivity index (χ3v) is 4.98. The Bertz CT molecular complexity index is 847. The van der Waals surface area contributed by atoms with Crippen LogP contribution in [0.1, 0.15) is 5.01 Å². The molecule has 4 rings (SSSR count). The number of nitrogens with zero attached hydrogens (tertiary/aromatic N) is 4. The first kappa shape index (κ1) is 14.2. The van der Waals surface area contributed by atoms with E-state index in [2.05, 4.69) is 31.3 Å². The maximum Gasteiger partial charge on any atom is 0.209 e. The van der Waals surface area contributed by atoms with Crippen LogP contribution in [-0.2, 0) is 4.79 Å². The molecule has 0 unspecified atom stereocenters. The molecule has 118 valence electrons. The van der Waals surface area contributed by atoms with Gasteiger partial charge in [0.05, 0.1) is 16.4 Å². The van der Waals surface area contributed by atoms with Crippen LogP contribution in [0, 0.1) is 6.92 Å². The van der Waals surface area contributed by atoms with Crippen LogP contribution in [-0.4, -0.2) is 52.4 Å². The first-order valence-electron chi connectivity index (χ1n) is 7.59. The van der Waals surface area contributed by atoms with Crippen LogP contribution in [0.5, 0.6) is 0 Å². The number of aryl methyl sites for hydroxylation is 1. The van der Waals surface area contributed by atoms with E-state index < -0.39 is 0 Å². The number of aromatic amines is 1. The molecule has 0 saturated carbocycles. The first-order chi connectivity index (χ1) is 11.2. The summed E-state index contributed by atoms with van der Waals surface area (Å²) in [7, 11) is 0. The number of H-pyrrole nitrogens is 1. The van der Waals surface area contributed by atoms with Gasteiger partial charge in [-0.15, -0.1) is 11.3 Å². The maximum atomic E-state index is 10.9. The minimum Gasteiger partial charge on any atom is -0.367 e. The fraction of sp³-hybridized carbons (Fsp3) is 0.312. The normalized spacial score (nSPS) is 15.3. The number of nitrogens with one attached hydrogen (secondary N) is 1. The summed E-state index contributed by atoms with van der Waals surface area (Å²) in [6.45, 7) is 5.21. The van der Waals surface area contributed by atoms with Gasteiger partial charge in [-0.2, -0.15) is 0 Å². The number of hydrogen-bond donors (Lipinski definition) is 1. The van der Waals surface area contributed by atoms with Crippen molar-refractivity contribution in [3.63, 3.8) is 0 Å². The third-order valence-electron chi connectivity index (χ3n) is 4.21. The van der Waals surface area contributed by atoms with Crippen LogP contribution in [0.3, 0.4) is 0 Å². The number of fused-ring (bicyclic) bond motifs is 1. The van der Waals surface area contributed by atoms with Gasteiger partial charge in [-0.1, -0.05) is 0 Å². The summed E-state index contributed by atoms with van der Waals surface area (Å²) in [5.41, 5.74) is 3.99. The lowest BCUT2D eigenvalue weighted by Crippen LogP contribution is -2.45. The average Bonchev–Trinajstić information content (AvgIpc) is 3.20. The topological polar surface area (TPSA) is 65.1 Å². The summed E-state index contributed by atoms with van der Waals surface area (Å²) in [5, 5.41) is 4.22. The van der Waals surface area contributed by atoms with Gasteiger partial charge in [0, 0.05) is 48.8 Å². The number of anilines is 1. The van der Waals surface area contributed by atoms with E-state index in [9.17, 15) is 4.79 Å². The van der Waals surface area contributed by atoms with E-state index in [4.69, 9.17) is 0 Å². The second kappa shape index (κ2) is 5.66. The van der Waals surface area contributed by atoms with E-state index in [0.717, 1.165) is 65.7 Å². The molecule has 0 bridgehead atoms. The Morgan fingerprint density at radius 3 is 2.83 bits per heavy atom. The van der Waals surface area contributed by atoms with Crippen molar-refractivity contribution in [1.82, 2.24) is 19.9 Å². The second-order valence-electron chi connectivity index (χ2n) is 5.66. The van der Waals surface area contributed by atoms with Gasteiger partial charge in [-0.05, 0) is 19.1 Å². The molecule has 4 heterocycles. The maximum absolute atomic E-state index is 10.9.